The van der Waals surface area contributed by atoms with Crippen molar-refractivity contribution in [3.8, 4) is 0 Å². The van der Waals surface area contributed by atoms with Crippen molar-refractivity contribution < 1.29 is 9.53 Å². The molecule has 0 spiro atoms. The summed E-state index contributed by atoms with van der Waals surface area (Å²) in [6, 6.07) is -0.0826. The molecule has 4 nitrogen and oxygen atoms in total. The van der Waals surface area contributed by atoms with Gasteiger partial charge in [0.1, 0.15) is 0 Å². The van der Waals surface area contributed by atoms with Gasteiger partial charge in [0, 0.05) is 20.2 Å². The summed E-state index contributed by atoms with van der Waals surface area (Å²) in [7, 11) is 1.72. The molecule has 1 rings (SSSR count). The maximum atomic E-state index is 12.0. The van der Waals surface area contributed by atoms with Gasteiger partial charge >= 0.3 is 0 Å². The molecule has 1 heterocycles. The minimum absolute atomic E-state index is 0.0826. The molecule has 1 aliphatic rings. The SMILES string of the molecule is COC(C)(C)CCNC(C)C(=O)N1CCCC1. The molecular formula is C13H26N2O2. The van der Waals surface area contributed by atoms with E-state index < -0.39 is 0 Å². The molecule has 100 valence electrons. The van der Waals surface area contributed by atoms with E-state index in [4.69, 9.17) is 4.74 Å². The Hall–Kier alpha value is -0.610. The van der Waals surface area contributed by atoms with E-state index in [9.17, 15) is 4.79 Å². The second kappa shape index (κ2) is 6.36. The molecule has 1 N–H and O–H groups in total. The molecule has 0 saturated carbocycles. The summed E-state index contributed by atoms with van der Waals surface area (Å²) in [5.74, 6) is 0.234. The van der Waals surface area contributed by atoms with E-state index in [-0.39, 0.29) is 17.6 Å². The zero-order valence-corrected chi connectivity index (χ0v) is 11.6. The molecule has 1 unspecified atom stereocenters. The Morgan fingerprint density at radius 3 is 2.53 bits per heavy atom. The lowest BCUT2D eigenvalue weighted by Gasteiger charge is -2.25. The van der Waals surface area contributed by atoms with Gasteiger partial charge in [-0.15, -0.1) is 0 Å². The van der Waals surface area contributed by atoms with Crippen LogP contribution in [0.15, 0.2) is 0 Å². The zero-order valence-electron chi connectivity index (χ0n) is 11.6. The summed E-state index contributed by atoms with van der Waals surface area (Å²) in [6.07, 6.45) is 3.20. The summed E-state index contributed by atoms with van der Waals surface area (Å²) in [5.41, 5.74) is -0.122. The van der Waals surface area contributed by atoms with E-state index in [0.29, 0.717) is 0 Å². The number of carbonyl (C=O) groups is 1. The van der Waals surface area contributed by atoms with Crippen LogP contribution in [-0.2, 0) is 9.53 Å². The average molecular weight is 242 g/mol. The van der Waals surface area contributed by atoms with Crippen molar-refractivity contribution in [2.24, 2.45) is 0 Å². The predicted octanol–water partition coefficient (Wildman–Crippen LogP) is 1.40. The Kier molecular flexibility index (Phi) is 5.40. The highest BCUT2D eigenvalue weighted by Crippen LogP contribution is 2.12. The van der Waals surface area contributed by atoms with Crippen LogP contribution >= 0.6 is 0 Å². The highest BCUT2D eigenvalue weighted by Gasteiger charge is 2.23. The number of amides is 1. The fourth-order valence-corrected chi connectivity index (χ4v) is 1.99. The van der Waals surface area contributed by atoms with Gasteiger partial charge in [-0.2, -0.15) is 0 Å². The van der Waals surface area contributed by atoms with Gasteiger partial charge in [-0.05, 0) is 46.6 Å². The van der Waals surface area contributed by atoms with Crippen LogP contribution in [0.4, 0.5) is 0 Å². The van der Waals surface area contributed by atoms with Crippen LogP contribution in [-0.4, -0.2) is 49.2 Å². The van der Waals surface area contributed by atoms with Gasteiger partial charge in [-0.1, -0.05) is 0 Å². The van der Waals surface area contributed by atoms with Crippen LogP contribution < -0.4 is 5.32 Å². The van der Waals surface area contributed by atoms with Gasteiger partial charge < -0.3 is 15.0 Å². The van der Waals surface area contributed by atoms with Crippen molar-refractivity contribution in [2.45, 2.75) is 51.7 Å². The van der Waals surface area contributed by atoms with E-state index in [2.05, 4.69) is 19.2 Å². The first kappa shape index (κ1) is 14.5. The van der Waals surface area contributed by atoms with Crippen LogP contribution in [0.25, 0.3) is 0 Å². The third-order valence-corrected chi connectivity index (χ3v) is 3.52. The predicted molar refractivity (Wildman–Crippen MR) is 69.0 cm³/mol. The normalized spacial score (nSPS) is 18.5. The first-order valence-electron chi connectivity index (χ1n) is 6.53. The molecular weight excluding hydrogens is 216 g/mol. The maximum absolute atomic E-state index is 12.0. The highest BCUT2D eigenvalue weighted by atomic mass is 16.5. The van der Waals surface area contributed by atoms with Gasteiger partial charge in [-0.3, -0.25) is 4.79 Å². The Balaban J connectivity index is 2.24. The molecule has 0 bridgehead atoms. The minimum Gasteiger partial charge on any atom is -0.379 e. The van der Waals surface area contributed by atoms with Crippen molar-refractivity contribution in [3.63, 3.8) is 0 Å². The largest absolute Gasteiger partial charge is 0.379 e. The Morgan fingerprint density at radius 1 is 1.41 bits per heavy atom. The molecule has 1 fully saturated rings. The van der Waals surface area contributed by atoms with Crippen molar-refractivity contribution in [1.29, 1.82) is 0 Å². The number of methoxy groups -OCH3 is 1. The standard InChI is InChI=1S/C13H26N2O2/c1-11(12(16)15-9-5-6-10-15)14-8-7-13(2,3)17-4/h11,14H,5-10H2,1-4H3. The van der Waals surface area contributed by atoms with Gasteiger partial charge in [0.25, 0.3) is 0 Å². The van der Waals surface area contributed by atoms with Crippen molar-refractivity contribution >= 4 is 5.91 Å². The molecule has 1 saturated heterocycles. The molecule has 0 aliphatic carbocycles. The quantitative estimate of drug-likeness (QED) is 0.765. The summed E-state index contributed by atoms with van der Waals surface area (Å²) in [6.45, 7) is 8.72. The lowest BCUT2D eigenvalue weighted by atomic mass is 10.1. The molecule has 1 atom stereocenters. The van der Waals surface area contributed by atoms with E-state index in [1.165, 1.54) is 0 Å². The summed E-state index contributed by atoms with van der Waals surface area (Å²) >= 11 is 0. The van der Waals surface area contributed by atoms with Crippen molar-refractivity contribution in [2.75, 3.05) is 26.7 Å². The number of nitrogens with zero attached hydrogens (tertiary/aromatic N) is 1. The van der Waals surface area contributed by atoms with E-state index >= 15 is 0 Å². The second-order valence-corrected chi connectivity index (χ2v) is 5.42. The van der Waals surface area contributed by atoms with E-state index in [1.807, 2.05) is 11.8 Å². The fourth-order valence-electron chi connectivity index (χ4n) is 1.99. The molecule has 0 aromatic heterocycles. The Morgan fingerprint density at radius 2 is 2.00 bits per heavy atom. The number of carbonyl (C=O) groups excluding carboxylic acids is 1. The molecule has 1 amide bonds. The summed E-state index contributed by atoms with van der Waals surface area (Å²) in [5, 5.41) is 3.28. The Labute approximate surface area is 105 Å². The van der Waals surface area contributed by atoms with Crippen LogP contribution in [0.1, 0.15) is 40.0 Å². The molecule has 0 radical (unpaired) electrons. The number of nitrogens with one attached hydrogen (secondary N) is 1. The lowest BCUT2D eigenvalue weighted by molar-refractivity contribution is -0.132. The highest BCUT2D eigenvalue weighted by molar-refractivity contribution is 5.81. The van der Waals surface area contributed by atoms with Crippen LogP contribution in [0.2, 0.25) is 0 Å². The number of rotatable bonds is 6. The molecule has 1 aliphatic heterocycles. The molecule has 4 heteroatoms. The molecule has 0 aromatic carbocycles. The monoisotopic (exact) mass is 242 g/mol. The third kappa shape index (κ3) is 4.64. The number of hydrogen-bond acceptors (Lipinski definition) is 3. The number of hydrogen-bond donors (Lipinski definition) is 1. The smallest absolute Gasteiger partial charge is 0.239 e. The average Bonchev–Trinajstić information content (AvgIpc) is 2.81. The number of likely N-dealkylation sites (tertiary alicyclic amines) is 1. The maximum Gasteiger partial charge on any atom is 0.239 e. The van der Waals surface area contributed by atoms with Gasteiger partial charge in [0.05, 0.1) is 11.6 Å². The summed E-state index contributed by atoms with van der Waals surface area (Å²) in [4.78, 5) is 14.0. The van der Waals surface area contributed by atoms with E-state index in [0.717, 1.165) is 38.9 Å². The fraction of sp³-hybridized carbons (Fsp3) is 0.923. The van der Waals surface area contributed by atoms with Crippen LogP contribution in [0.5, 0.6) is 0 Å². The third-order valence-electron chi connectivity index (χ3n) is 3.52. The van der Waals surface area contributed by atoms with E-state index in [1.54, 1.807) is 7.11 Å². The second-order valence-electron chi connectivity index (χ2n) is 5.42. The van der Waals surface area contributed by atoms with Crippen molar-refractivity contribution in [1.82, 2.24) is 10.2 Å². The van der Waals surface area contributed by atoms with Gasteiger partial charge in [0.15, 0.2) is 0 Å². The van der Waals surface area contributed by atoms with Crippen LogP contribution in [0, 0.1) is 0 Å². The van der Waals surface area contributed by atoms with Gasteiger partial charge in [-0.25, -0.2) is 0 Å². The summed E-state index contributed by atoms with van der Waals surface area (Å²) < 4.78 is 5.34. The first-order valence-corrected chi connectivity index (χ1v) is 6.53. The Bertz CT molecular complexity index is 248. The molecule has 17 heavy (non-hydrogen) atoms. The van der Waals surface area contributed by atoms with Crippen molar-refractivity contribution in [3.05, 3.63) is 0 Å². The first-order chi connectivity index (χ1) is 7.96. The van der Waals surface area contributed by atoms with Crippen LogP contribution in [0.3, 0.4) is 0 Å². The zero-order chi connectivity index (χ0) is 12.9. The van der Waals surface area contributed by atoms with Gasteiger partial charge in [0.2, 0.25) is 5.91 Å². The lowest BCUT2D eigenvalue weighted by Crippen LogP contribution is -2.45. The topological polar surface area (TPSA) is 41.6 Å². The minimum atomic E-state index is -0.122. The molecule has 0 aromatic rings. The number of ether oxygens (including phenoxy) is 1.